The van der Waals surface area contributed by atoms with Crippen molar-refractivity contribution in [1.29, 1.82) is 0 Å². The Balaban J connectivity index is 2.28. The van der Waals surface area contributed by atoms with Gasteiger partial charge in [0.25, 0.3) is 0 Å². The Morgan fingerprint density at radius 2 is 2.21 bits per heavy atom. The van der Waals surface area contributed by atoms with E-state index >= 15 is 0 Å². The molecule has 0 N–H and O–H groups in total. The summed E-state index contributed by atoms with van der Waals surface area (Å²) in [5.41, 5.74) is 0. The maximum atomic E-state index is 4.45. The summed E-state index contributed by atoms with van der Waals surface area (Å²) >= 11 is 3.40. The Hall–Kier alpha value is -0.640. The van der Waals surface area contributed by atoms with Crippen molar-refractivity contribution in [1.82, 2.24) is 9.97 Å². The zero-order chi connectivity index (χ0) is 10.1. The van der Waals surface area contributed by atoms with Crippen LogP contribution < -0.4 is 4.90 Å². The van der Waals surface area contributed by atoms with Crippen molar-refractivity contribution in [3.63, 3.8) is 0 Å². The van der Waals surface area contributed by atoms with E-state index in [9.17, 15) is 0 Å². The molecule has 76 valence electrons. The second-order valence-corrected chi connectivity index (χ2v) is 4.43. The highest BCUT2D eigenvalue weighted by Gasteiger charge is 2.29. The topological polar surface area (TPSA) is 29.0 Å². The van der Waals surface area contributed by atoms with Gasteiger partial charge in [0.15, 0.2) is 0 Å². The van der Waals surface area contributed by atoms with Gasteiger partial charge in [-0.2, -0.15) is 0 Å². The highest BCUT2D eigenvalue weighted by Crippen LogP contribution is 2.30. The largest absolute Gasteiger partial charge is 0.354 e. The molecule has 14 heavy (non-hydrogen) atoms. The van der Waals surface area contributed by atoms with E-state index in [0.29, 0.717) is 6.04 Å². The van der Waals surface area contributed by atoms with Crippen molar-refractivity contribution in [2.24, 2.45) is 0 Å². The Kier molecular flexibility index (Phi) is 2.72. The van der Waals surface area contributed by atoms with Crippen molar-refractivity contribution in [2.45, 2.75) is 32.7 Å². The Morgan fingerprint density at radius 1 is 1.50 bits per heavy atom. The van der Waals surface area contributed by atoms with Crippen LogP contribution in [0.25, 0.3) is 0 Å². The van der Waals surface area contributed by atoms with E-state index in [2.05, 4.69) is 37.7 Å². The van der Waals surface area contributed by atoms with E-state index in [1.807, 2.05) is 13.0 Å². The lowest BCUT2D eigenvalue weighted by Gasteiger charge is -2.21. The molecule has 0 saturated heterocycles. The quantitative estimate of drug-likeness (QED) is 0.778. The average Bonchev–Trinajstić information content (AvgIpc) is 2.87. The third-order valence-electron chi connectivity index (χ3n) is 2.42. The van der Waals surface area contributed by atoms with Crippen molar-refractivity contribution in [3.05, 3.63) is 16.5 Å². The summed E-state index contributed by atoms with van der Waals surface area (Å²) < 4.78 is 0.874. The van der Waals surface area contributed by atoms with Gasteiger partial charge in [0.05, 0.1) is 0 Å². The highest BCUT2D eigenvalue weighted by atomic mass is 79.9. The van der Waals surface area contributed by atoms with E-state index in [1.165, 1.54) is 12.8 Å². The number of aromatic nitrogens is 2. The van der Waals surface area contributed by atoms with Gasteiger partial charge in [-0.25, -0.2) is 9.97 Å². The standard InChI is InChI=1S/C10H14BrN3/c1-3-14(8-4-5-8)10-6-9(11)12-7(2)13-10/h6,8H,3-5H2,1-2H3. The van der Waals surface area contributed by atoms with Crippen LogP contribution in [0, 0.1) is 6.92 Å². The van der Waals surface area contributed by atoms with E-state index in [1.54, 1.807) is 0 Å². The average molecular weight is 256 g/mol. The predicted molar refractivity (Wildman–Crippen MR) is 60.5 cm³/mol. The lowest BCUT2D eigenvalue weighted by molar-refractivity contribution is 0.797. The van der Waals surface area contributed by atoms with Crippen LogP contribution in [0.4, 0.5) is 5.82 Å². The lowest BCUT2D eigenvalue weighted by atomic mass is 10.4. The molecule has 1 aliphatic rings. The molecule has 0 aliphatic heterocycles. The van der Waals surface area contributed by atoms with Gasteiger partial charge < -0.3 is 4.90 Å². The van der Waals surface area contributed by atoms with E-state index in [0.717, 1.165) is 22.8 Å². The number of aryl methyl sites for hydroxylation is 1. The van der Waals surface area contributed by atoms with E-state index in [4.69, 9.17) is 0 Å². The molecular weight excluding hydrogens is 242 g/mol. The Labute approximate surface area is 92.7 Å². The number of nitrogens with zero attached hydrogens (tertiary/aromatic N) is 3. The van der Waals surface area contributed by atoms with Gasteiger partial charge in [-0.1, -0.05) is 0 Å². The fraction of sp³-hybridized carbons (Fsp3) is 0.600. The first-order valence-corrected chi connectivity index (χ1v) is 5.78. The van der Waals surface area contributed by atoms with Gasteiger partial charge >= 0.3 is 0 Å². The smallest absolute Gasteiger partial charge is 0.133 e. The first kappa shape index (κ1) is 9.90. The minimum Gasteiger partial charge on any atom is -0.354 e. The van der Waals surface area contributed by atoms with Crippen LogP contribution >= 0.6 is 15.9 Å². The van der Waals surface area contributed by atoms with Gasteiger partial charge in [0.1, 0.15) is 16.2 Å². The molecule has 4 heteroatoms. The molecule has 1 aromatic heterocycles. The summed E-state index contributed by atoms with van der Waals surface area (Å²) in [5.74, 6) is 1.88. The zero-order valence-electron chi connectivity index (χ0n) is 8.50. The van der Waals surface area contributed by atoms with Gasteiger partial charge in [-0.15, -0.1) is 0 Å². The van der Waals surface area contributed by atoms with Crippen LogP contribution in [0.15, 0.2) is 10.7 Å². The second kappa shape index (κ2) is 3.85. The second-order valence-electron chi connectivity index (χ2n) is 3.61. The number of halogens is 1. The van der Waals surface area contributed by atoms with Crippen molar-refractivity contribution in [2.75, 3.05) is 11.4 Å². The number of anilines is 1. The molecule has 1 heterocycles. The normalized spacial score (nSPS) is 15.6. The first-order valence-electron chi connectivity index (χ1n) is 4.98. The molecule has 1 aromatic rings. The van der Waals surface area contributed by atoms with Crippen molar-refractivity contribution < 1.29 is 0 Å². The molecule has 0 atom stereocenters. The van der Waals surface area contributed by atoms with Crippen LogP contribution in [0.2, 0.25) is 0 Å². The molecule has 1 aliphatic carbocycles. The molecule has 0 amide bonds. The molecule has 0 unspecified atom stereocenters. The van der Waals surface area contributed by atoms with Crippen LogP contribution in [0.3, 0.4) is 0 Å². The van der Waals surface area contributed by atoms with E-state index < -0.39 is 0 Å². The molecule has 1 fully saturated rings. The van der Waals surface area contributed by atoms with Crippen LogP contribution in [-0.2, 0) is 0 Å². The van der Waals surface area contributed by atoms with Gasteiger partial charge in [0.2, 0.25) is 0 Å². The fourth-order valence-corrected chi connectivity index (χ4v) is 2.12. The van der Waals surface area contributed by atoms with Gasteiger partial charge in [0, 0.05) is 18.7 Å². The molecule has 1 saturated carbocycles. The third kappa shape index (κ3) is 2.05. The maximum absolute atomic E-state index is 4.45. The van der Waals surface area contributed by atoms with Gasteiger partial charge in [-0.05, 0) is 42.6 Å². The summed E-state index contributed by atoms with van der Waals surface area (Å²) in [5, 5.41) is 0. The monoisotopic (exact) mass is 255 g/mol. The number of hydrogen-bond donors (Lipinski definition) is 0. The predicted octanol–water partition coefficient (Wildman–Crippen LogP) is 2.54. The summed E-state index contributed by atoms with van der Waals surface area (Å²) in [7, 11) is 0. The molecule has 0 radical (unpaired) electrons. The Bertz CT molecular complexity index is 316. The van der Waals surface area contributed by atoms with Crippen LogP contribution in [-0.4, -0.2) is 22.6 Å². The molecule has 0 spiro atoms. The molecule has 3 nitrogen and oxygen atoms in total. The SMILES string of the molecule is CCN(c1cc(Br)nc(C)n1)C1CC1. The van der Waals surface area contributed by atoms with Crippen molar-refractivity contribution in [3.8, 4) is 0 Å². The molecule has 2 rings (SSSR count). The Morgan fingerprint density at radius 3 is 2.71 bits per heavy atom. The van der Waals surface area contributed by atoms with Crippen molar-refractivity contribution >= 4 is 21.7 Å². The maximum Gasteiger partial charge on any atom is 0.133 e. The third-order valence-corrected chi connectivity index (χ3v) is 2.82. The molecule has 0 aromatic carbocycles. The van der Waals surface area contributed by atoms with Crippen LogP contribution in [0.1, 0.15) is 25.6 Å². The summed E-state index contributed by atoms with van der Waals surface area (Å²) in [4.78, 5) is 11.0. The summed E-state index contributed by atoms with van der Waals surface area (Å²) in [6.45, 7) is 5.12. The minimum atomic E-state index is 0.709. The summed E-state index contributed by atoms with van der Waals surface area (Å²) in [6, 6.07) is 2.70. The number of hydrogen-bond acceptors (Lipinski definition) is 3. The summed E-state index contributed by atoms with van der Waals surface area (Å²) in [6.07, 6.45) is 2.60. The van der Waals surface area contributed by atoms with Crippen LogP contribution in [0.5, 0.6) is 0 Å². The van der Waals surface area contributed by atoms with Gasteiger partial charge in [-0.3, -0.25) is 0 Å². The number of rotatable bonds is 3. The lowest BCUT2D eigenvalue weighted by Crippen LogP contribution is -2.26. The molecular formula is C10H14BrN3. The fourth-order valence-electron chi connectivity index (χ4n) is 1.66. The highest BCUT2D eigenvalue weighted by molar-refractivity contribution is 9.10. The minimum absolute atomic E-state index is 0.709. The first-order chi connectivity index (χ1) is 6.70. The van der Waals surface area contributed by atoms with E-state index in [-0.39, 0.29) is 0 Å². The zero-order valence-corrected chi connectivity index (χ0v) is 10.1. The molecule has 0 bridgehead atoms.